The zero-order valence-corrected chi connectivity index (χ0v) is 23.0. The number of aromatic nitrogens is 2. The maximum absolute atomic E-state index is 6.51. The fraction of sp³-hybridized carbons (Fsp3) is 0. The van der Waals surface area contributed by atoms with Gasteiger partial charge in [-0.3, -0.25) is 4.57 Å². The number of thiazole rings is 1. The molecule has 0 saturated heterocycles. The van der Waals surface area contributed by atoms with Crippen LogP contribution in [0.1, 0.15) is 0 Å². The molecule has 4 aromatic heterocycles. The Hall–Kier alpha value is -5.39. The molecule has 6 aromatic carbocycles. The van der Waals surface area contributed by atoms with Crippen LogP contribution in [0.5, 0.6) is 0 Å². The van der Waals surface area contributed by atoms with Crippen molar-refractivity contribution in [2.75, 3.05) is 0 Å². The molecular weight excluding hydrogens is 536 g/mol. The van der Waals surface area contributed by atoms with Crippen LogP contribution in [0, 0.1) is 0 Å². The summed E-state index contributed by atoms with van der Waals surface area (Å²) >= 11 is 1.72. The third kappa shape index (κ3) is 2.93. The molecule has 196 valence electrons. The number of furan rings is 2. The van der Waals surface area contributed by atoms with Crippen LogP contribution in [-0.2, 0) is 0 Å². The fourth-order valence-corrected chi connectivity index (χ4v) is 7.63. The monoisotopic (exact) mass is 556 g/mol. The number of fused-ring (bicyclic) bond motifs is 11. The SMILES string of the molecule is c1ccc(-c2cc3sc(-n4c5ccccc5c5cc6oc7ccccc7c6cc54)nc3c3c2oc2ccccc23)cc1. The van der Waals surface area contributed by atoms with E-state index >= 15 is 0 Å². The van der Waals surface area contributed by atoms with Crippen molar-refractivity contribution in [2.45, 2.75) is 0 Å². The lowest BCUT2D eigenvalue weighted by Crippen LogP contribution is -1.92. The molecule has 0 spiro atoms. The van der Waals surface area contributed by atoms with Gasteiger partial charge in [0.25, 0.3) is 0 Å². The van der Waals surface area contributed by atoms with E-state index in [4.69, 9.17) is 13.8 Å². The summed E-state index contributed by atoms with van der Waals surface area (Å²) in [6.45, 7) is 0. The average Bonchev–Trinajstić information content (AvgIpc) is 3.79. The van der Waals surface area contributed by atoms with Crippen LogP contribution in [0.15, 0.2) is 130 Å². The predicted octanol–water partition coefficient (Wildman–Crippen LogP) is 10.9. The van der Waals surface area contributed by atoms with Crippen molar-refractivity contribution in [1.82, 2.24) is 9.55 Å². The Labute approximate surface area is 242 Å². The van der Waals surface area contributed by atoms with E-state index in [1.165, 1.54) is 5.39 Å². The Morgan fingerprint density at radius 2 is 1.26 bits per heavy atom. The molecule has 42 heavy (non-hydrogen) atoms. The first kappa shape index (κ1) is 22.3. The van der Waals surface area contributed by atoms with E-state index in [-0.39, 0.29) is 0 Å². The third-order valence-corrected chi connectivity index (χ3v) is 9.43. The number of nitrogens with zero attached hydrogens (tertiary/aromatic N) is 2. The number of hydrogen-bond donors (Lipinski definition) is 0. The summed E-state index contributed by atoms with van der Waals surface area (Å²) < 4.78 is 16.2. The largest absolute Gasteiger partial charge is 0.456 e. The van der Waals surface area contributed by atoms with Crippen molar-refractivity contribution in [3.8, 4) is 16.3 Å². The van der Waals surface area contributed by atoms with Gasteiger partial charge in [0.2, 0.25) is 0 Å². The summed E-state index contributed by atoms with van der Waals surface area (Å²) in [5, 5.41) is 7.64. The van der Waals surface area contributed by atoms with Crippen molar-refractivity contribution >= 4 is 87.2 Å². The number of hydrogen-bond acceptors (Lipinski definition) is 4. The van der Waals surface area contributed by atoms with Gasteiger partial charge < -0.3 is 8.83 Å². The highest BCUT2D eigenvalue weighted by atomic mass is 32.1. The first-order valence-corrected chi connectivity index (χ1v) is 14.8. The summed E-state index contributed by atoms with van der Waals surface area (Å²) in [6, 6.07) is 42.2. The highest BCUT2D eigenvalue weighted by Crippen LogP contribution is 2.44. The van der Waals surface area contributed by atoms with Crippen molar-refractivity contribution in [2.24, 2.45) is 0 Å². The zero-order valence-electron chi connectivity index (χ0n) is 22.2. The molecule has 4 nitrogen and oxygen atoms in total. The minimum Gasteiger partial charge on any atom is -0.456 e. The van der Waals surface area contributed by atoms with Gasteiger partial charge in [-0.1, -0.05) is 96.3 Å². The second kappa shape index (κ2) is 8.09. The molecule has 0 bridgehead atoms. The first-order chi connectivity index (χ1) is 20.8. The number of benzene rings is 6. The van der Waals surface area contributed by atoms with E-state index in [1.807, 2.05) is 30.3 Å². The van der Waals surface area contributed by atoms with Gasteiger partial charge in [0.05, 0.1) is 26.6 Å². The molecule has 0 saturated carbocycles. The molecule has 0 unspecified atom stereocenters. The second-order valence-corrected chi connectivity index (χ2v) is 11.8. The van der Waals surface area contributed by atoms with Crippen molar-refractivity contribution in [1.29, 1.82) is 0 Å². The smallest absolute Gasteiger partial charge is 0.195 e. The van der Waals surface area contributed by atoms with Gasteiger partial charge in [-0.05, 0) is 42.0 Å². The molecule has 4 heterocycles. The van der Waals surface area contributed by atoms with E-state index in [0.29, 0.717) is 0 Å². The molecular formula is C37H20N2O2S. The molecule has 0 atom stereocenters. The molecule has 0 fully saturated rings. The fourth-order valence-electron chi connectivity index (χ4n) is 6.58. The molecule has 0 aliphatic carbocycles. The van der Waals surface area contributed by atoms with Gasteiger partial charge in [0.1, 0.15) is 22.3 Å². The highest BCUT2D eigenvalue weighted by molar-refractivity contribution is 7.21. The van der Waals surface area contributed by atoms with Crippen molar-refractivity contribution < 1.29 is 8.83 Å². The third-order valence-electron chi connectivity index (χ3n) is 8.44. The van der Waals surface area contributed by atoms with Crippen LogP contribution in [0.3, 0.4) is 0 Å². The van der Waals surface area contributed by atoms with Gasteiger partial charge >= 0.3 is 0 Å². The van der Waals surface area contributed by atoms with E-state index in [1.54, 1.807) is 11.3 Å². The van der Waals surface area contributed by atoms with Crippen LogP contribution in [0.4, 0.5) is 0 Å². The van der Waals surface area contributed by atoms with E-state index in [0.717, 1.165) is 86.8 Å². The lowest BCUT2D eigenvalue weighted by Gasteiger charge is -2.03. The van der Waals surface area contributed by atoms with Gasteiger partial charge in [0, 0.05) is 32.5 Å². The maximum atomic E-state index is 6.51. The maximum Gasteiger partial charge on any atom is 0.195 e. The van der Waals surface area contributed by atoms with Crippen LogP contribution >= 0.6 is 11.3 Å². The Balaban J connectivity index is 1.34. The van der Waals surface area contributed by atoms with Crippen molar-refractivity contribution in [3.63, 3.8) is 0 Å². The zero-order chi connectivity index (χ0) is 27.4. The second-order valence-electron chi connectivity index (χ2n) is 10.8. The van der Waals surface area contributed by atoms with Gasteiger partial charge in [-0.15, -0.1) is 0 Å². The molecule has 5 heteroatoms. The molecule has 0 amide bonds. The molecule has 0 N–H and O–H groups in total. The average molecular weight is 557 g/mol. The molecule has 10 rings (SSSR count). The van der Waals surface area contributed by atoms with Crippen LogP contribution in [-0.4, -0.2) is 9.55 Å². The summed E-state index contributed by atoms with van der Waals surface area (Å²) in [4.78, 5) is 5.37. The predicted molar refractivity (Wildman–Crippen MR) is 174 cm³/mol. The Morgan fingerprint density at radius 3 is 2.12 bits per heavy atom. The van der Waals surface area contributed by atoms with Gasteiger partial charge in [0.15, 0.2) is 5.13 Å². The summed E-state index contributed by atoms with van der Waals surface area (Å²) in [7, 11) is 0. The molecule has 0 radical (unpaired) electrons. The molecule has 10 aromatic rings. The Morgan fingerprint density at radius 1 is 0.548 bits per heavy atom. The van der Waals surface area contributed by atoms with Gasteiger partial charge in [-0.25, -0.2) is 4.98 Å². The summed E-state index contributed by atoms with van der Waals surface area (Å²) in [6.07, 6.45) is 0. The quantitative estimate of drug-likeness (QED) is 0.213. The lowest BCUT2D eigenvalue weighted by atomic mass is 10.0. The normalized spacial score (nSPS) is 12.3. The summed E-state index contributed by atoms with van der Waals surface area (Å²) in [5.74, 6) is 0. The Bertz CT molecular complexity index is 2690. The van der Waals surface area contributed by atoms with Crippen LogP contribution in [0.25, 0.3) is 92.2 Å². The molecule has 0 aliphatic rings. The van der Waals surface area contributed by atoms with Crippen molar-refractivity contribution in [3.05, 3.63) is 121 Å². The van der Waals surface area contributed by atoms with Gasteiger partial charge in [-0.2, -0.15) is 0 Å². The lowest BCUT2D eigenvalue weighted by molar-refractivity contribution is 0.669. The minimum atomic E-state index is 0.873. The topological polar surface area (TPSA) is 44.1 Å². The minimum absolute atomic E-state index is 0.873. The number of rotatable bonds is 2. The number of para-hydroxylation sites is 3. The van der Waals surface area contributed by atoms with Crippen LogP contribution in [0.2, 0.25) is 0 Å². The van der Waals surface area contributed by atoms with Crippen LogP contribution < -0.4 is 0 Å². The standard InChI is InChI=1S/C37H20N2O2S/c1-2-10-21(11-3-1)25-20-33-35(34-24-14-6-9-17-31(24)41-36(25)34)38-37(42-33)39-28-15-7-4-12-22(28)26-19-32-27(18-29(26)39)23-13-5-8-16-30(23)40-32/h1-20H. The van der Waals surface area contributed by atoms with E-state index < -0.39 is 0 Å². The first-order valence-electron chi connectivity index (χ1n) is 14.0. The van der Waals surface area contributed by atoms with E-state index in [2.05, 4.69) is 95.6 Å². The van der Waals surface area contributed by atoms with E-state index in [9.17, 15) is 0 Å². The summed E-state index contributed by atoms with van der Waals surface area (Å²) in [5.41, 5.74) is 8.97. The molecule has 0 aliphatic heterocycles. The highest BCUT2D eigenvalue weighted by Gasteiger charge is 2.22. The Kier molecular flexibility index (Phi) is 4.30.